The molecule has 0 amide bonds. The molecule has 0 bridgehead atoms. The normalized spacial score (nSPS) is 16.4. The fraction of sp³-hybridized carbons (Fsp3) is 0.417. The number of hydrogen-bond acceptors (Lipinski definition) is 2. The SMILES string of the molecule is CCOC(=O)/C=C/C1=C(C)CC(C)=C1. The molecule has 1 rings (SSSR count). The van der Waals surface area contributed by atoms with Gasteiger partial charge in [0.15, 0.2) is 0 Å². The number of ether oxygens (including phenoxy) is 1. The summed E-state index contributed by atoms with van der Waals surface area (Å²) in [6.07, 6.45) is 6.43. The highest BCUT2D eigenvalue weighted by Gasteiger charge is 2.06. The highest BCUT2D eigenvalue weighted by molar-refractivity contribution is 5.82. The van der Waals surface area contributed by atoms with Crippen molar-refractivity contribution in [2.24, 2.45) is 0 Å². The molecule has 14 heavy (non-hydrogen) atoms. The summed E-state index contributed by atoms with van der Waals surface area (Å²) in [7, 11) is 0. The van der Waals surface area contributed by atoms with Crippen LogP contribution in [0, 0.1) is 0 Å². The molecule has 1 aliphatic carbocycles. The number of hydrogen-bond donors (Lipinski definition) is 0. The van der Waals surface area contributed by atoms with Gasteiger partial charge in [-0.1, -0.05) is 17.2 Å². The van der Waals surface area contributed by atoms with Crippen LogP contribution in [0.3, 0.4) is 0 Å². The summed E-state index contributed by atoms with van der Waals surface area (Å²) in [6, 6.07) is 0. The molecule has 0 radical (unpaired) electrons. The number of allylic oxidation sites excluding steroid dienone is 5. The van der Waals surface area contributed by atoms with Gasteiger partial charge in [-0.25, -0.2) is 4.79 Å². The maximum atomic E-state index is 11.0. The molecule has 76 valence electrons. The van der Waals surface area contributed by atoms with E-state index in [0.717, 1.165) is 12.0 Å². The summed E-state index contributed by atoms with van der Waals surface area (Å²) in [5, 5.41) is 0. The van der Waals surface area contributed by atoms with Gasteiger partial charge in [0.2, 0.25) is 0 Å². The molecule has 0 N–H and O–H groups in total. The minimum absolute atomic E-state index is 0.272. The fourth-order valence-electron chi connectivity index (χ4n) is 1.50. The van der Waals surface area contributed by atoms with Gasteiger partial charge in [-0.3, -0.25) is 0 Å². The van der Waals surface area contributed by atoms with Crippen LogP contribution in [-0.2, 0) is 9.53 Å². The molecule has 0 saturated carbocycles. The highest BCUT2D eigenvalue weighted by atomic mass is 16.5. The third-order valence-electron chi connectivity index (χ3n) is 2.12. The largest absolute Gasteiger partial charge is 0.463 e. The van der Waals surface area contributed by atoms with Crippen LogP contribution < -0.4 is 0 Å². The predicted octanol–water partition coefficient (Wildman–Crippen LogP) is 2.77. The topological polar surface area (TPSA) is 26.3 Å². The minimum Gasteiger partial charge on any atom is -0.463 e. The van der Waals surface area contributed by atoms with Crippen molar-refractivity contribution in [1.82, 2.24) is 0 Å². The zero-order valence-corrected chi connectivity index (χ0v) is 8.96. The number of rotatable bonds is 3. The van der Waals surface area contributed by atoms with Crippen LogP contribution in [0.4, 0.5) is 0 Å². The first-order chi connectivity index (χ1) is 6.63. The number of esters is 1. The molecule has 0 fully saturated rings. The van der Waals surface area contributed by atoms with Crippen LogP contribution in [0.2, 0.25) is 0 Å². The maximum absolute atomic E-state index is 11.0. The Hall–Kier alpha value is -1.31. The molecule has 0 spiro atoms. The van der Waals surface area contributed by atoms with E-state index in [1.54, 1.807) is 6.92 Å². The Balaban J connectivity index is 2.60. The summed E-state index contributed by atoms with van der Waals surface area (Å²) in [5.41, 5.74) is 3.78. The Morgan fingerprint density at radius 2 is 2.29 bits per heavy atom. The number of carbonyl (C=O) groups is 1. The lowest BCUT2D eigenvalue weighted by Crippen LogP contribution is -1.98. The van der Waals surface area contributed by atoms with Gasteiger partial charge in [-0.15, -0.1) is 0 Å². The van der Waals surface area contributed by atoms with Crippen LogP contribution in [0.25, 0.3) is 0 Å². The maximum Gasteiger partial charge on any atom is 0.330 e. The van der Waals surface area contributed by atoms with Crippen molar-refractivity contribution >= 4 is 5.97 Å². The third-order valence-corrected chi connectivity index (χ3v) is 2.12. The van der Waals surface area contributed by atoms with E-state index in [9.17, 15) is 4.79 Å². The van der Waals surface area contributed by atoms with Crippen molar-refractivity contribution < 1.29 is 9.53 Å². The van der Waals surface area contributed by atoms with Crippen LogP contribution >= 0.6 is 0 Å². The van der Waals surface area contributed by atoms with Crippen molar-refractivity contribution in [3.8, 4) is 0 Å². The Morgan fingerprint density at radius 3 is 2.79 bits per heavy atom. The van der Waals surface area contributed by atoms with Crippen LogP contribution in [-0.4, -0.2) is 12.6 Å². The Bertz CT molecular complexity index is 319. The molecule has 2 nitrogen and oxygen atoms in total. The third kappa shape index (κ3) is 2.87. The quantitative estimate of drug-likeness (QED) is 0.507. The van der Waals surface area contributed by atoms with Gasteiger partial charge in [-0.05, 0) is 38.8 Å². The van der Waals surface area contributed by atoms with E-state index in [1.807, 2.05) is 6.08 Å². The average Bonchev–Trinajstić information content (AvgIpc) is 2.42. The molecular weight excluding hydrogens is 176 g/mol. The van der Waals surface area contributed by atoms with E-state index in [-0.39, 0.29) is 5.97 Å². The second-order valence-electron chi connectivity index (χ2n) is 3.49. The molecule has 0 aromatic heterocycles. The Morgan fingerprint density at radius 1 is 1.57 bits per heavy atom. The Kier molecular flexibility index (Phi) is 3.69. The summed E-state index contributed by atoms with van der Waals surface area (Å²) in [5.74, 6) is -0.272. The molecular formula is C12H16O2. The monoisotopic (exact) mass is 192 g/mol. The van der Waals surface area contributed by atoms with Crippen LogP contribution in [0.15, 0.2) is 34.9 Å². The van der Waals surface area contributed by atoms with E-state index < -0.39 is 0 Å². The zero-order valence-electron chi connectivity index (χ0n) is 8.96. The molecule has 0 aliphatic heterocycles. The zero-order chi connectivity index (χ0) is 10.6. The van der Waals surface area contributed by atoms with E-state index in [0.29, 0.717) is 6.61 Å². The van der Waals surface area contributed by atoms with Gasteiger partial charge in [0.05, 0.1) is 6.61 Å². The van der Waals surface area contributed by atoms with E-state index in [2.05, 4.69) is 19.9 Å². The molecule has 0 saturated heterocycles. The van der Waals surface area contributed by atoms with Crippen molar-refractivity contribution in [3.05, 3.63) is 34.9 Å². The lowest BCUT2D eigenvalue weighted by Gasteiger charge is -1.96. The summed E-state index contributed by atoms with van der Waals surface area (Å²) < 4.78 is 4.79. The molecule has 0 atom stereocenters. The van der Waals surface area contributed by atoms with Crippen molar-refractivity contribution in [2.75, 3.05) is 6.61 Å². The molecule has 0 aromatic rings. The van der Waals surface area contributed by atoms with Crippen molar-refractivity contribution in [3.63, 3.8) is 0 Å². The van der Waals surface area contributed by atoms with Gasteiger partial charge >= 0.3 is 5.97 Å². The van der Waals surface area contributed by atoms with Gasteiger partial charge < -0.3 is 4.74 Å². The smallest absolute Gasteiger partial charge is 0.330 e. The van der Waals surface area contributed by atoms with E-state index in [1.165, 1.54) is 17.2 Å². The van der Waals surface area contributed by atoms with Gasteiger partial charge in [0.25, 0.3) is 0 Å². The molecule has 0 unspecified atom stereocenters. The lowest BCUT2D eigenvalue weighted by molar-refractivity contribution is -0.137. The molecule has 0 aromatic carbocycles. The highest BCUT2D eigenvalue weighted by Crippen LogP contribution is 2.24. The van der Waals surface area contributed by atoms with E-state index >= 15 is 0 Å². The van der Waals surface area contributed by atoms with Crippen LogP contribution in [0.1, 0.15) is 27.2 Å². The minimum atomic E-state index is -0.272. The van der Waals surface area contributed by atoms with E-state index in [4.69, 9.17) is 4.74 Å². The second-order valence-corrected chi connectivity index (χ2v) is 3.49. The molecule has 2 heteroatoms. The number of carbonyl (C=O) groups excluding carboxylic acids is 1. The average molecular weight is 192 g/mol. The van der Waals surface area contributed by atoms with Crippen molar-refractivity contribution in [2.45, 2.75) is 27.2 Å². The predicted molar refractivity (Wildman–Crippen MR) is 56.8 cm³/mol. The standard InChI is InChI=1S/C12H16O2/c1-4-14-12(13)6-5-11-8-9(2)7-10(11)3/h5-6,8H,4,7H2,1-3H3/b6-5+. The second kappa shape index (κ2) is 4.80. The molecule has 1 aliphatic rings. The van der Waals surface area contributed by atoms with Gasteiger partial charge in [0.1, 0.15) is 0 Å². The fourth-order valence-corrected chi connectivity index (χ4v) is 1.50. The first-order valence-corrected chi connectivity index (χ1v) is 4.85. The summed E-state index contributed by atoms with van der Waals surface area (Å²) >= 11 is 0. The van der Waals surface area contributed by atoms with Gasteiger partial charge in [-0.2, -0.15) is 0 Å². The first kappa shape index (κ1) is 10.8. The summed E-state index contributed by atoms with van der Waals surface area (Å²) in [4.78, 5) is 11.0. The lowest BCUT2D eigenvalue weighted by atomic mass is 10.1. The van der Waals surface area contributed by atoms with Crippen LogP contribution in [0.5, 0.6) is 0 Å². The molecule has 0 heterocycles. The first-order valence-electron chi connectivity index (χ1n) is 4.85. The van der Waals surface area contributed by atoms with Crippen molar-refractivity contribution in [1.29, 1.82) is 0 Å². The summed E-state index contributed by atoms with van der Waals surface area (Å²) in [6.45, 7) is 6.40. The Labute approximate surface area is 85.0 Å². The van der Waals surface area contributed by atoms with Gasteiger partial charge in [0, 0.05) is 6.08 Å².